The van der Waals surface area contributed by atoms with E-state index in [9.17, 15) is 43.2 Å². The zero-order chi connectivity index (χ0) is 15.9. The van der Waals surface area contributed by atoms with Gasteiger partial charge < -0.3 is 4.74 Å². The molecule has 1 atom stereocenters. The summed E-state index contributed by atoms with van der Waals surface area (Å²) in [6.07, 6.45) is -5.82. The first-order valence-corrected chi connectivity index (χ1v) is 6.83. The van der Waals surface area contributed by atoms with Gasteiger partial charge in [-0.3, -0.25) is 0 Å². The Morgan fingerprint density at radius 1 is 1.05 bits per heavy atom. The first-order chi connectivity index (χ1) is 8.10. The molecule has 0 rings (SSSR count). The second kappa shape index (κ2) is 5.04. The minimum absolute atomic E-state index is 0.162. The molecule has 0 fully saturated rings. The number of alkyl halides is 6. The third-order valence-corrected chi connectivity index (χ3v) is 5.80. The highest BCUT2D eigenvalue weighted by atomic mass is 32.3. The maximum absolute atomic E-state index is 12.1. The van der Waals surface area contributed by atoms with Crippen LogP contribution in [0.15, 0.2) is 0 Å². The Morgan fingerprint density at radius 3 is 1.63 bits per heavy atom. The van der Waals surface area contributed by atoms with Crippen LogP contribution in [0.4, 0.5) is 26.3 Å². The van der Waals surface area contributed by atoms with Crippen molar-refractivity contribution in [1.82, 2.24) is 4.41 Å². The molecule has 2 N–H and O–H groups in total. The van der Waals surface area contributed by atoms with Gasteiger partial charge in [0.05, 0.1) is 0 Å². The molecule has 0 heterocycles. The summed E-state index contributed by atoms with van der Waals surface area (Å²) in [6.45, 7) is 0. The summed E-state index contributed by atoms with van der Waals surface area (Å²) in [7, 11) is -12.6. The van der Waals surface area contributed by atoms with Crippen LogP contribution in [0, 0.1) is 0 Å². The van der Waals surface area contributed by atoms with Crippen LogP contribution in [0.3, 0.4) is 0 Å². The van der Waals surface area contributed by atoms with E-state index in [1.165, 1.54) is 0 Å². The molecule has 1 unspecified atom stereocenters. The van der Waals surface area contributed by atoms with Gasteiger partial charge in [-0.2, -0.15) is 26.3 Å². The third-order valence-electron chi connectivity index (χ3n) is 1.54. The summed E-state index contributed by atoms with van der Waals surface area (Å²) in [5.74, 6) is 4.05. The van der Waals surface area contributed by atoms with E-state index in [0.717, 1.165) is 0 Å². The van der Waals surface area contributed by atoms with Crippen molar-refractivity contribution in [2.24, 2.45) is 5.84 Å². The summed E-state index contributed by atoms with van der Waals surface area (Å²) in [6, 6.07) is 0. The van der Waals surface area contributed by atoms with Gasteiger partial charge >= 0.3 is 11.8 Å². The van der Waals surface area contributed by atoms with Crippen LogP contribution >= 0.6 is 0 Å². The Bertz CT molecular complexity index is 521. The van der Waals surface area contributed by atoms with Crippen molar-refractivity contribution in [2.45, 2.75) is 16.6 Å². The van der Waals surface area contributed by atoms with Crippen LogP contribution in [0.2, 0.25) is 0 Å². The smallest absolute Gasteiger partial charge is 0.351 e. The van der Waals surface area contributed by atoms with Crippen molar-refractivity contribution < 1.29 is 47.9 Å². The molecule has 0 aliphatic carbocycles. The summed E-state index contributed by atoms with van der Waals surface area (Å²) in [5.41, 5.74) is -6.15. The Hall–Kier alpha value is -0.640. The Labute approximate surface area is 102 Å². The van der Waals surface area contributed by atoms with Crippen molar-refractivity contribution in [3.8, 4) is 0 Å². The number of ether oxygens (including phenoxy) is 1. The van der Waals surface area contributed by atoms with Crippen molar-refractivity contribution >= 4 is 19.9 Å². The minimum atomic E-state index is -6.58. The molecule has 19 heavy (non-hydrogen) atoms. The SMILES string of the molecule is COC(S(=O)(=O)N(N)C(F)(F)F)S(=O)(=O)C(F)(F)F. The fourth-order valence-electron chi connectivity index (χ4n) is 0.754. The summed E-state index contributed by atoms with van der Waals surface area (Å²) >= 11 is 0. The zero-order valence-corrected chi connectivity index (χ0v) is 10.4. The lowest BCUT2D eigenvalue weighted by molar-refractivity contribution is -0.212. The standard InChI is InChI=1S/C4H6F6N2O5S2/c1-17-2(18(13,14)4(8,9)10)19(15,16)12(11)3(5,6)7/h2H,11H2,1H3. The molecular weight excluding hydrogens is 334 g/mol. The topological polar surface area (TPSA) is 107 Å². The molecule has 0 spiro atoms. The van der Waals surface area contributed by atoms with Crippen LogP contribution in [0.25, 0.3) is 0 Å². The number of hydrazine groups is 1. The number of nitrogens with zero attached hydrogens (tertiary/aromatic N) is 1. The van der Waals surface area contributed by atoms with E-state index >= 15 is 0 Å². The molecule has 116 valence electrons. The lowest BCUT2D eigenvalue weighted by Gasteiger charge is -2.24. The lowest BCUT2D eigenvalue weighted by Crippen LogP contribution is -2.55. The second-order valence-electron chi connectivity index (χ2n) is 2.82. The summed E-state index contributed by atoms with van der Waals surface area (Å²) < 4.78 is 114. The maximum atomic E-state index is 12.1. The summed E-state index contributed by atoms with van der Waals surface area (Å²) in [4.78, 5) is 0. The Balaban J connectivity index is 5.92. The second-order valence-corrected chi connectivity index (χ2v) is 6.95. The predicted octanol–water partition coefficient (Wildman–Crippen LogP) is -0.124. The van der Waals surface area contributed by atoms with E-state index in [2.05, 4.69) is 10.6 Å². The Kier molecular flexibility index (Phi) is 4.87. The van der Waals surface area contributed by atoms with Gasteiger partial charge in [0.25, 0.3) is 24.6 Å². The normalized spacial score (nSPS) is 16.7. The number of hydrogen-bond donors (Lipinski definition) is 1. The molecule has 0 bridgehead atoms. The molecule has 0 aliphatic rings. The molecule has 0 aromatic carbocycles. The van der Waals surface area contributed by atoms with Gasteiger partial charge in [-0.1, -0.05) is 0 Å². The maximum Gasteiger partial charge on any atom is 0.501 e. The van der Waals surface area contributed by atoms with Gasteiger partial charge in [-0.25, -0.2) is 22.7 Å². The van der Waals surface area contributed by atoms with Crippen molar-refractivity contribution in [3.63, 3.8) is 0 Å². The largest absolute Gasteiger partial charge is 0.501 e. The molecule has 0 aliphatic heterocycles. The van der Waals surface area contributed by atoms with Gasteiger partial charge in [0.15, 0.2) is 0 Å². The fraction of sp³-hybridized carbons (Fsp3) is 1.00. The average Bonchev–Trinajstić information content (AvgIpc) is 2.13. The number of halogens is 6. The number of nitrogens with two attached hydrogens (primary N) is 1. The third kappa shape index (κ3) is 3.47. The highest BCUT2D eigenvalue weighted by Crippen LogP contribution is 2.33. The molecule has 15 heteroatoms. The van der Waals surface area contributed by atoms with Crippen LogP contribution in [-0.4, -0.2) is 44.9 Å². The van der Waals surface area contributed by atoms with Gasteiger partial charge in [0.2, 0.25) is 0 Å². The molecule has 0 aromatic rings. The van der Waals surface area contributed by atoms with E-state index in [0.29, 0.717) is 0 Å². The van der Waals surface area contributed by atoms with Crippen LogP contribution in [0.5, 0.6) is 0 Å². The monoisotopic (exact) mass is 340 g/mol. The van der Waals surface area contributed by atoms with Crippen LogP contribution in [0.1, 0.15) is 0 Å². The van der Waals surface area contributed by atoms with E-state index < -0.39 is 40.9 Å². The van der Waals surface area contributed by atoms with Crippen LogP contribution < -0.4 is 5.84 Å². The summed E-state index contributed by atoms with van der Waals surface area (Å²) in [5, 5.41) is 0. The van der Waals surface area contributed by atoms with E-state index in [4.69, 9.17) is 0 Å². The first-order valence-electron chi connectivity index (χ1n) is 3.78. The lowest BCUT2D eigenvalue weighted by atomic mass is 11.2. The number of methoxy groups -OCH3 is 1. The zero-order valence-electron chi connectivity index (χ0n) is 8.73. The predicted molar refractivity (Wildman–Crippen MR) is 46.8 cm³/mol. The highest BCUT2D eigenvalue weighted by Gasteiger charge is 2.60. The average molecular weight is 340 g/mol. The van der Waals surface area contributed by atoms with Crippen molar-refractivity contribution in [3.05, 3.63) is 0 Å². The number of sulfonamides is 1. The van der Waals surface area contributed by atoms with Gasteiger partial charge in [0, 0.05) is 7.11 Å². The molecule has 0 saturated heterocycles. The van der Waals surface area contributed by atoms with Crippen molar-refractivity contribution in [2.75, 3.05) is 7.11 Å². The molecule has 0 saturated carbocycles. The number of hydrogen-bond acceptors (Lipinski definition) is 6. The molecule has 7 nitrogen and oxygen atoms in total. The molecule has 0 amide bonds. The van der Waals surface area contributed by atoms with E-state index in [-0.39, 0.29) is 7.11 Å². The first kappa shape index (κ1) is 18.4. The highest BCUT2D eigenvalue weighted by molar-refractivity contribution is 8.08. The Morgan fingerprint density at radius 2 is 1.42 bits per heavy atom. The van der Waals surface area contributed by atoms with Gasteiger partial charge in [0.1, 0.15) is 0 Å². The number of rotatable bonds is 4. The molecular formula is C4H6F6N2O5S2. The van der Waals surface area contributed by atoms with Crippen LogP contribution in [-0.2, 0) is 24.6 Å². The molecule has 0 radical (unpaired) electrons. The van der Waals surface area contributed by atoms with Crippen molar-refractivity contribution in [1.29, 1.82) is 0 Å². The van der Waals surface area contributed by atoms with E-state index in [1.54, 1.807) is 0 Å². The van der Waals surface area contributed by atoms with E-state index in [1.807, 2.05) is 0 Å². The van der Waals surface area contributed by atoms with Gasteiger partial charge in [-0.15, -0.1) is 0 Å². The molecule has 0 aromatic heterocycles. The number of sulfone groups is 1. The van der Waals surface area contributed by atoms with Gasteiger partial charge in [-0.05, 0) is 4.41 Å². The minimum Gasteiger partial charge on any atom is -0.351 e. The fourth-order valence-corrected chi connectivity index (χ4v) is 3.83. The quantitative estimate of drug-likeness (QED) is 0.331.